The summed E-state index contributed by atoms with van der Waals surface area (Å²) in [7, 11) is 0. The van der Waals surface area contributed by atoms with E-state index in [-0.39, 0.29) is 30.2 Å². The van der Waals surface area contributed by atoms with Gasteiger partial charge in [-0.2, -0.15) is 13.2 Å². The maximum atomic E-state index is 13.6. The van der Waals surface area contributed by atoms with Gasteiger partial charge in [0.2, 0.25) is 0 Å². The van der Waals surface area contributed by atoms with Crippen molar-refractivity contribution >= 4 is 11.7 Å². The van der Waals surface area contributed by atoms with E-state index in [9.17, 15) is 18.0 Å². The lowest BCUT2D eigenvalue weighted by atomic mass is 9.91. The normalized spacial score (nSPS) is 20.9. The number of carbonyl (C=O) groups is 1. The highest BCUT2D eigenvalue weighted by molar-refractivity contribution is 5.79. The van der Waals surface area contributed by atoms with Crippen molar-refractivity contribution in [3.63, 3.8) is 0 Å². The Morgan fingerprint density at radius 2 is 1.46 bits per heavy atom. The predicted molar refractivity (Wildman–Crippen MR) is 128 cm³/mol. The van der Waals surface area contributed by atoms with Gasteiger partial charge in [0.1, 0.15) is 6.61 Å². The van der Waals surface area contributed by atoms with E-state index in [2.05, 4.69) is 24.3 Å². The van der Waals surface area contributed by atoms with Crippen LogP contribution in [0.15, 0.2) is 78.9 Å². The lowest BCUT2D eigenvalue weighted by Gasteiger charge is -2.34. The quantitative estimate of drug-likeness (QED) is 0.399. The zero-order valence-electron chi connectivity index (χ0n) is 19.0. The van der Waals surface area contributed by atoms with Crippen LogP contribution in [0.3, 0.4) is 0 Å². The molecule has 3 aliphatic rings. The monoisotopic (exact) mass is 475 g/mol. The maximum absolute atomic E-state index is 13.6. The first-order valence-corrected chi connectivity index (χ1v) is 11.9. The van der Waals surface area contributed by atoms with Crippen LogP contribution < -0.4 is 0 Å². The first-order chi connectivity index (χ1) is 16.9. The molecule has 6 rings (SSSR count). The number of amides is 1. The fourth-order valence-corrected chi connectivity index (χ4v) is 5.99. The average molecular weight is 476 g/mol. The zero-order valence-corrected chi connectivity index (χ0v) is 19.0. The number of hydrogen-bond donors (Lipinski definition) is 0. The standard InChI is InChI=1S/C29H24F3NO2/c30-29(31,32)27-12-6-5-7-21(27)18-15-19-13-14-20(16-18)33(19)28(34)35-17-26-24-10-3-1-8-22(24)23-9-2-4-11-25(23)26/h1-12,15,19-20,26H,13-14,16-17H2. The van der Waals surface area contributed by atoms with Gasteiger partial charge in [0.25, 0.3) is 0 Å². The van der Waals surface area contributed by atoms with Crippen molar-refractivity contribution in [2.45, 2.75) is 43.4 Å². The van der Waals surface area contributed by atoms with Gasteiger partial charge in [0.05, 0.1) is 11.6 Å². The second kappa shape index (κ2) is 8.29. The molecule has 0 aromatic heterocycles. The van der Waals surface area contributed by atoms with E-state index in [1.807, 2.05) is 30.3 Å². The minimum atomic E-state index is -4.42. The topological polar surface area (TPSA) is 29.5 Å². The van der Waals surface area contributed by atoms with E-state index in [1.54, 1.807) is 11.0 Å². The Balaban J connectivity index is 1.22. The third-order valence-electron chi connectivity index (χ3n) is 7.52. The van der Waals surface area contributed by atoms with Gasteiger partial charge in [0, 0.05) is 12.0 Å². The SMILES string of the molecule is O=C(OCC1c2ccccc2-c2ccccc21)N1C2C=C(c3ccccc3C(F)(F)F)CC1CC2. The molecule has 3 nitrogen and oxygen atoms in total. The molecule has 1 aliphatic carbocycles. The zero-order chi connectivity index (χ0) is 24.2. The van der Waals surface area contributed by atoms with Crippen molar-refractivity contribution in [3.05, 3.63) is 101 Å². The summed E-state index contributed by atoms with van der Waals surface area (Å²) in [6, 6.07) is 21.6. The molecule has 0 N–H and O–H groups in total. The van der Waals surface area contributed by atoms with Crippen LogP contribution in [0.4, 0.5) is 18.0 Å². The first-order valence-electron chi connectivity index (χ1n) is 11.9. The third-order valence-corrected chi connectivity index (χ3v) is 7.52. The third kappa shape index (κ3) is 3.72. The van der Waals surface area contributed by atoms with Crippen LogP contribution in [0, 0.1) is 0 Å². The van der Waals surface area contributed by atoms with E-state index >= 15 is 0 Å². The molecule has 1 saturated heterocycles. The van der Waals surface area contributed by atoms with Gasteiger partial charge in [0.15, 0.2) is 0 Å². The van der Waals surface area contributed by atoms with E-state index in [1.165, 1.54) is 12.1 Å². The number of halogens is 3. The van der Waals surface area contributed by atoms with Crippen LogP contribution >= 0.6 is 0 Å². The van der Waals surface area contributed by atoms with Gasteiger partial charge in [-0.05, 0) is 58.7 Å². The largest absolute Gasteiger partial charge is 0.448 e. The van der Waals surface area contributed by atoms with Crippen LogP contribution in [0.2, 0.25) is 0 Å². The van der Waals surface area contributed by atoms with Crippen molar-refractivity contribution in [2.75, 3.05) is 6.61 Å². The molecular formula is C29H24F3NO2. The van der Waals surface area contributed by atoms with Crippen molar-refractivity contribution < 1.29 is 22.7 Å². The molecule has 0 radical (unpaired) electrons. The number of fused-ring (bicyclic) bond motifs is 5. The molecule has 6 heteroatoms. The van der Waals surface area contributed by atoms with Gasteiger partial charge >= 0.3 is 12.3 Å². The molecule has 35 heavy (non-hydrogen) atoms. The molecular weight excluding hydrogens is 451 g/mol. The summed E-state index contributed by atoms with van der Waals surface area (Å²) in [5, 5.41) is 0. The Hall–Kier alpha value is -3.54. The molecule has 178 valence electrons. The van der Waals surface area contributed by atoms with Crippen LogP contribution in [0.1, 0.15) is 47.4 Å². The Labute approximate surface area is 201 Å². The molecule has 3 aromatic rings. The van der Waals surface area contributed by atoms with Crippen LogP contribution in [0.5, 0.6) is 0 Å². The number of ether oxygens (including phenoxy) is 1. The Morgan fingerprint density at radius 3 is 2.09 bits per heavy atom. The van der Waals surface area contributed by atoms with E-state index in [0.717, 1.165) is 41.2 Å². The second-order valence-electron chi connectivity index (χ2n) is 9.45. The Bertz CT molecular complexity index is 1280. The van der Waals surface area contributed by atoms with Crippen molar-refractivity contribution in [2.24, 2.45) is 0 Å². The summed E-state index contributed by atoms with van der Waals surface area (Å²) >= 11 is 0. The number of rotatable bonds is 3. The Kier molecular flexibility index (Phi) is 5.20. The summed E-state index contributed by atoms with van der Waals surface area (Å²) in [5.41, 5.74) is 4.87. The van der Waals surface area contributed by atoms with Crippen molar-refractivity contribution in [3.8, 4) is 11.1 Å². The molecule has 2 atom stereocenters. The molecule has 2 aliphatic heterocycles. The van der Waals surface area contributed by atoms with Gasteiger partial charge in [-0.1, -0.05) is 72.8 Å². The number of hydrogen-bond acceptors (Lipinski definition) is 2. The average Bonchev–Trinajstić information content (AvgIpc) is 3.32. The smallest absolute Gasteiger partial charge is 0.416 e. The highest BCUT2D eigenvalue weighted by atomic mass is 19.4. The van der Waals surface area contributed by atoms with Gasteiger partial charge < -0.3 is 4.74 Å². The van der Waals surface area contributed by atoms with Crippen LogP contribution in [0.25, 0.3) is 16.7 Å². The molecule has 3 aromatic carbocycles. The van der Waals surface area contributed by atoms with Crippen LogP contribution in [-0.4, -0.2) is 29.7 Å². The summed E-state index contributed by atoms with van der Waals surface area (Å²) < 4.78 is 46.6. The number of carbonyl (C=O) groups excluding carboxylic acids is 1. The predicted octanol–water partition coefficient (Wildman–Crippen LogP) is 7.27. The summed E-state index contributed by atoms with van der Waals surface area (Å²) in [6.45, 7) is 0.232. The first kappa shape index (κ1) is 22.0. The second-order valence-corrected chi connectivity index (χ2v) is 9.45. The van der Waals surface area contributed by atoms with Crippen molar-refractivity contribution in [1.29, 1.82) is 0 Å². The lowest BCUT2D eigenvalue weighted by Crippen LogP contribution is -2.43. The molecule has 0 spiro atoms. The summed E-state index contributed by atoms with van der Waals surface area (Å²) in [6.07, 6.45) is -1.10. The van der Waals surface area contributed by atoms with E-state index < -0.39 is 17.8 Å². The van der Waals surface area contributed by atoms with E-state index in [4.69, 9.17) is 4.74 Å². The summed E-state index contributed by atoms with van der Waals surface area (Å²) in [4.78, 5) is 14.9. The number of alkyl halides is 3. The minimum Gasteiger partial charge on any atom is -0.448 e. The molecule has 1 fully saturated rings. The van der Waals surface area contributed by atoms with Crippen LogP contribution in [-0.2, 0) is 10.9 Å². The highest BCUT2D eigenvalue weighted by Crippen LogP contribution is 2.46. The fraction of sp³-hybridized carbons (Fsp3) is 0.276. The maximum Gasteiger partial charge on any atom is 0.416 e. The number of nitrogens with zero attached hydrogens (tertiary/aromatic N) is 1. The van der Waals surface area contributed by atoms with E-state index in [0.29, 0.717) is 12.0 Å². The Morgan fingerprint density at radius 1 is 0.857 bits per heavy atom. The highest BCUT2D eigenvalue weighted by Gasteiger charge is 2.43. The molecule has 2 unspecified atom stereocenters. The van der Waals surface area contributed by atoms with Gasteiger partial charge in [-0.25, -0.2) is 4.79 Å². The van der Waals surface area contributed by atoms with Crippen molar-refractivity contribution in [1.82, 2.24) is 4.90 Å². The minimum absolute atomic E-state index is 0.0291. The van der Waals surface area contributed by atoms with Gasteiger partial charge in [-0.15, -0.1) is 0 Å². The molecule has 1 amide bonds. The van der Waals surface area contributed by atoms with Gasteiger partial charge in [-0.3, -0.25) is 4.90 Å². The number of benzene rings is 3. The molecule has 0 saturated carbocycles. The molecule has 2 bridgehead atoms. The summed E-state index contributed by atoms with van der Waals surface area (Å²) in [5.74, 6) is -0.0291. The fourth-order valence-electron chi connectivity index (χ4n) is 5.99. The molecule has 2 heterocycles. The lowest BCUT2D eigenvalue weighted by molar-refractivity contribution is -0.137.